The van der Waals surface area contributed by atoms with Gasteiger partial charge in [0.25, 0.3) is 0 Å². The highest BCUT2D eigenvalue weighted by Gasteiger charge is 2.34. The average molecular weight is 281 g/mol. The molecule has 100 valence electrons. The third-order valence-corrected chi connectivity index (χ3v) is 4.02. The van der Waals surface area contributed by atoms with Gasteiger partial charge in [0.2, 0.25) is 5.88 Å². The van der Waals surface area contributed by atoms with Gasteiger partial charge in [-0.3, -0.25) is 0 Å². The smallest absolute Gasteiger partial charge is 0.230 e. The van der Waals surface area contributed by atoms with Crippen molar-refractivity contribution in [1.29, 1.82) is 0 Å². The van der Waals surface area contributed by atoms with Crippen molar-refractivity contribution < 1.29 is 8.91 Å². The summed E-state index contributed by atoms with van der Waals surface area (Å²) >= 11 is 6.10. The van der Waals surface area contributed by atoms with E-state index >= 15 is 0 Å². The Hall–Kier alpha value is -1.55. The van der Waals surface area contributed by atoms with Crippen LogP contribution in [0.25, 0.3) is 11.1 Å². The Kier molecular flexibility index (Phi) is 2.97. The molecule has 1 fully saturated rings. The van der Waals surface area contributed by atoms with Gasteiger partial charge in [0.1, 0.15) is 5.82 Å². The minimum Gasteiger partial charge on any atom is -0.367 e. The molecule has 3 rings (SSSR count). The Morgan fingerprint density at radius 3 is 2.84 bits per heavy atom. The average Bonchev–Trinajstić information content (AvgIpc) is 3.14. The normalized spacial score (nSPS) is 16.6. The summed E-state index contributed by atoms with van der Waals surface area (Å²) in [6, 6.07) is 4.25. The first-order chi connectivity index (χ1) is 9.08. The van der Waals surface area contributed by atoms with Gasteiger partial charge in [-0.1, -0.05) is 23.7 Å². The van der Waals surface area contributed by atoms with Crippen LogP contribution in [0, 0.1) is 11.7 Å². The molecule has 0 spiro atoms. The minimum absolute atomic E-state index is 0.232. The summed E-state index contributed by atoms with van der Waals surface area (Å²) in [6.45, 7) is 2.11. The van der Waals surface area contributed by atoms with E-state index in [4.69, 9.17) is 21.9 Å². The van der Waals surface area contributed by atoms with Crippen molar-refractivity contribution in [2.75, 3.05) is 5.73 Å². The van der Waals surface area contributed by atoms with E-state index in [2.05, 4.69) is 12.1 Å². The Labute approximate surface area is 115 Å². The van der Waals surface area contributed by atoms with Crippen molar-refractivity contribution in [2.45, 2.75) is 25.7 Å². The highest BCUT2D eigenvalue weighted by Crippen LogP contribution is 2.46. The van der Waals surface area contributed by atoms with E-state index < -0.39 is 0 Å². The molecular formula is C14H14ClFN2O. The SMILES string of the molecule is CC(c1noc(N)c1-c1ccc(F)cc1Cl)C1CC1. The van der Waals surface area contributed by atoms with E-state index in [0.717, 1.165) is 5.69 Å². The van der Waals surface area contributed by atoms with E-state index in [-0.39, 0.29) is 17.6 Å². The zero-order valence-corrected chi connectivity index (χ0v) is 11.2. The number of halogens is 2. The number of hydrogen-bond donors (Lipinski definition) is 1. The molecular weight excluding hydrogens is 267 g/mol. The lowest BCUT2D eigenvalue weighted by atomic mass is 9.94. The third-order valence-electron chi connectivity index (χ3n) is 3.71. The Balaban J connectivity index is 2.10. The van der Waals surface area contributed by atoms with Crippen LogP contribution >= 0.6 is 11.6 Å². The summed E-state index contributed by atoms with van der Waals surface area (Å²) in [7, 11) is 0. The van der Waals surface area contributed by atoms with E-state index in [9.17, 15) is 4.39 Å². The molecule has 1 aliphatic carbocycles. The molecule has 1 aromatic heterocycles. The second kappa shape index (κ2) is 4.53. The number of anilines is 1. The molecule has 0 aliphatic heterocycles. The monoisotopic (exact) mass is 280 g/mol. The Morgan fingerprint density at radius 1 is 1.47 bits per heavy atom. The van der Waals surface area contributed by atoms with Crippen LogP contribution in [0.4, 0.5) is 10.3 Å². The van der Waals surface area contributed by atoms with Crippen molar-refractivity contribution in [1.82, 2.24) is 5.16 Å². The summed E-state index contributed by atoms with van der Waals surface area (Å²) < 4.78 is 18.2. The molecule has 2 aromatic rings. The molecule has 1 heterocycles. The number of hydrogen-bond acceptors (Lipinski definition) is 3. The molecule has 0 amide bonds. The predicted octanol–water partition coefficient (Wildman–Crippen LogP) is 4.23. The summed E-state index contributed by atoms with van der Waals surface area (Å²) in [4.78, 5) is 0. The van der Waals surface area contributed by atoms with Crippen LogP contribution in [-0.4, -0.2) is 5.16 Å². The molecule has 3 nitrogen and oxygen atoms in total. The van der Waals surface area contributed by atoms with Crippen molar-refractivity contribution >= 4 is 17.5 Å². The second-order valence-corrected chi connectivity index (χ2v) is 5.46. The van der Waals surface area contributed by atoms with E-state index in [1.165, 1.54) is 25.0 Å². The lowest BCUT2D eigenvalue weighted by Gasteiger charge is -2.10. The summed E-state index contributed by atoms with van der Waals surface area (Å²) in [5.41, 5.74) is 8.04. The van der Waals surface area contributed by atoms with Crippen molar-refractivity contribution in [3.63, 3.8) is 0 Å². The first-order valence-corrected chi connectivity index (χ1v) is 6.66. The summed E-state index contributed by atoms with van der Waals surface area (Å²) in [5, 5.41) is 4.38. The van der Waals surface area contributed by atoms with Crippen LogP contribution in [0.15, 0.2) is 22.7 Å². The maximum absolute atomic E-state index is 13.1. The molecule has 5 heteroatoms. The number of nitrogens with two attached hydrogens (primary N) is 1. The molecule has 2 N–H and O–H groups in total. The highest BCUT2D eigenvalue weighted by atomic mass is 35.5. The van der Waals surface area contributed by atoms with Crippen LogP contribution in [0.1, 0.15) is 31.4 Å². The van der Waals surface area contributed by atoms with Gasteiger partial charge in [-0.25, -0.2) is 4.39 Å². The van der Waals surface area contributed by atoms with Crippen LogP contribution in [0.5, 0.6) is 0 Å². The first-order valence-electron chi connectivity index (χ1n) is 6.28. The molecule has 1 saturated carbocycles. The molecule has 19 heavy (non-hydrogen) atoms. The standard InChI is InChI=1S/C14H14ClFN2O/c1-7(8-2-3-8)13-12(14(17)19-18-13)10-5-4-9(16)6-11(10)15/h4-8H,2-3,17H2,1H3. The van der Waals surface area contributed by atoms with Crippen LogP contribution in [0.2, 0.25) is 5.02 Å². The van der Waals surface area contributed by atoms with E-state index in [1.54, 1.807) is 6.07 Å². The second-order valence-electron chi connectivity index (χ2n) is 5.06. The third kappa shape index (κ3) is 2.21. The van der Waals surface area contributed by atoms with Crippen LogP contribution in [0.3, 0.4) is 0 Å². The molecule has 0 radical (unpaired) electrons. The molecule has 1 aromatic carbocycles. The lowest BCUT2D eigenvalue weighted by Crippen LogP contribution is -1.99. The van der Waals surface area contributed by atoms with Crippen LogP contribution < -0.4 is 5.73 Å². The number of benzene rings is 1. The number of aromatic nitrogens is 1. The van der Waals surface area contributed by atoms with Gasteiger partial charge in [-0.05, 0) is 37.0 Å². The van der Waals surface area contributed by atoms with Crippen molar-refractivity contribution in [2.24, 2.45) is 5.92 Å². The summed E-state index contributed by atoms with van der Waals surface area (Å²) in [6.07, 6.45) is 2.40. The quantitative estimate of drug-likeness (QED) is 0.915. The molecule has 0 bridgehead atoms. The molecule has 1 aliphatic rings. The predicted molar refractivity (Wildman–Crippen MR) is 72.5 cm³/mol. The van der Waals surface area contributed by atoms with Gasteiger partial charge >= 0.3 is 0 Å². The minimum atomic E-state index is -0.374. The maximum Gasteiger partial charge on any atom is 0.230 e. The molecule has 0 saturated heterocycles. The van der Waals surface area contributed by atoms with Crippen molar-refractivity contribution in [3.8, 4) is 11.1 Å². The fourth-order valence-corrected chi connectivity index (χ4v) is 2.67. The van der Waals surface area contributed by atoms with E-state index in [0.29, 0.717) is 22.1 Å². The fourth-order valence-electron chi connectivity index (χ4n) is 2.41. The Morgan fingerprint density at radius 2 is 2.21 bits per heavy atom. The Bertz CT molecular complexity index is 622. The topological polar surface area (TPSA) is 52.0 Å². The van der Waals surface area contributed by atoms with E-state index in [1.807, 2.05) is 0 Å². The number of nitrogens with zero attached hydrogens (tertiary/aromatic N) is 1. The molecule has 1 atom stereocenters. The fraction of sp³-hybridized carbons (Fsp3) is 0.357. The van der Waals surface area contributed by atoms with Gasteiger partial charge in [-0.15, -0.1) is 0 Å². The van der Waals surface area contributed by atoms with Gasteiger partial charge in [-0.2, -0.15) is 0 Å². The first kappa shape index (κ1) is 12.5. The van der Waals surface area contributed by atoms with Crippen molar-refractivity contribution in [3.05, 3.63) is 34.7 Å². The summed E-state index contributed by atoms with van der Waals surface area (Å²) in [5.74, 6) is 0.760. The van der Waals surface area contributed by atoms with Gasteiger partial charge < -0.3 is 10.3 Å². The zero-order chi connectivity index (χ0) is 13.6. The largest absolute Gasteiger partial charge is 0.367 e. The van der Waals surface area contributed by atoms with Gasteiger partial charge in [0.15, 0.2) is 0 Å². The van der Waals surface area contributed by atoms with Gasteiger partial charge in [0.05, 0.1) is 16.3 Å². The lowest BCUT2D eigenvalue weighted by molar-refractivity contribution is 0.417. The van der Waals surface area contributed by atoms with Gasteiger partial charge in [0, 0.05) is 11.5 Å². The molecule has 1 unspecified atom stereocenters. The number of rotatable bonds is 3. The highest BCUT2D eigenvalue weighted by molar-refractivity contribution is 6.33. The maximum atomic E-state index is 13.1. The van der Waals surface area contributed by atoms with Crippen LogP contribution in [-0.2, 0) is 0 Å². The zero-order valence-electron chi connectivity index (χ0n) is 10.5. The number of nitrogen functional groups attached to an aromatic ring is 1.